The molecule has 0 unspecified atom stereocenters. The molecule has 2 heteroatoms. The molecule has 0 saturated heterocycles. The van der Waals surface area contributed by atoms with Crippen LogP contribution in [0.1, 0.15) is 43.4 Å². The van der Waals surface area contributed by atoms with Crippen LogP contribution in [0, 0.1) is 0 Å². The van der Waals surface area contributed by atoms with Gasteiger partial charge < -0.3 is 5.32 Å². The number of thioether (sulfide) groups is 1. The maximum atomic E-state index is 3.35. The minimum Gasteiger partial charge on any atom is -0.313 e. The van der Waals surface area contributed by atoms with Crippen molar-refractivity contribution in [3.63, 3.8) is 0 Å². The summed E-state index contributed by atoms with van der Waals surface area (Å²) in [5.74, 6) is 1.64. The van der Waals surface area contributed by atoms with E-state index >= 15 is 0 Å². The van der Waals surface area contributed by atoms with Gasteiger partial charge >= 0.3 is 0 Å². The molecule has 0 aliphatic heterocycles. The third-order valence-corrected chi connectivity index (χ3v) is 4.64. The van der Waals surface area contributed by atoms with Gasteiger partial charge in [0.2, 0.25) is 0 Å². The molecule has 0 atom stereocenters. The number of rotatable bonds is 7. The van der Waals surface area contributed by atoms with Crippen molar-refractivity contribution >= 4 is 11.8 Å². The van der Waals surface area contributed by atoms with Crippen molar-refractivity contribution in [3.8, 4) is 0 Å². The van der Waals surface area contributed by atoms with Gasteiger partial charge in [0.25, 0.3) is 0 Å². The minimum absolute atomic E-state index is 0.607. The van der Waals surface area contributed by atoms with Crippen molar-refractivity contribution < 1.29 is 0 Å². The van der Waals surface area contributed by atoms with E-state index in [0.717, 1.165) is 18.8 Å². The van der Waals surface area contributed by atoms with E-state index in [1.165, 1.54) is 21.6 Å². The molecule has 1 nitrogen and oxygen atoms in total. The highest BCUT2D eigenvalue weighted by Crippen LogP contribution is 2.24. The van der Waals surface area contributed by atoms with E-state index in [9.17, 15) is 0 Å². The third-order valence-electron chi connectivity index (χ3n) is 3.55. The lowest BCUT2D eigenvalue weighted by atomic mass is 10.0. The van der Waals surface area contributed by atoms with Crippen molar-refractivity contribution in [3.05, 3.63) is 65.2 Å². The monoisotopic (exact) mass is 299 g/mol. The van der Waals surface area contributed by atoms with E-state index in [4.69, 9.17) is 0 Å². The lowest BCUT2D eigenvalue weighted by Crippen LogP contribution is -2.11. The summed E-state index contributed by atoms with van der Waals surface area (Å²) in [6.45, 7) is 8.58. The number of nitrogens with one attached hydrogen (secondary N) is 1. The van der Waals surface area contributed by atoms with Crippen LogP contribution in [0.5, 0.6) is 0 Å². The Morgan fingerprint density at radius 3 is 2.10 bits per heavy atom. The van der Waals surface area contributed by atoms with Crippen LogP contribution >= 0.6 is 11.8 Å². The molecule has 0 amide bonds. The molecule has 0 radical (unpaired) electrons. The Bertz CT molecular complexity index is 528. The summed E-state index contributed by atoms with van der Waals surface area (Å²) in [6.07, 6.45) is 0. The fourth-order valence-electron chi connectivity index (χ4n) is 2.14. The lowest BCUT2D eigenvalue weighted by Gasteiger charge is -2.07. The zero-order valence-electron chi connectivity index (χ0n) is 13.2. The summed E-state index contributed by atoms with van der Waals surface area (Å²) in [5.41, 5.74) is 4.15. The Labute approximate surface area is 133 Å². The Morgan fingerprint density at radius 1 is 0.905 bits per heavy atom. The first-order chi connectivity index (χ1) is 10.2. The van der Waals surface area contributed by atoms with Crippen molar-refractivity contribution in [2.75, 3.05) is 6.54 Å². The molecule has 0 saturated carbocycles. The van der Waals surface area contributed by atoms with E-state index in [-0.39, 0.29) is 0 Å². The quantitative estimate of drug-likeness (QED) is 0.704. The third kappa shape index (κ3) is 5.22. The van der Waals surface area contributed by atoms with Gasteiger partial charge in [-0.05, 0) is 41.3 Å². The molecule has 0 aliphatic rings. The van der Waals surface area contributed by atoms with Crippen LogP contribution in [0.15, 0.2) is 53.4 Å². The van der Waals surface area contributed by atoms with Crippen molar-refractivity contribution in [2.45, 2.75) is 43.9 Å². The molecule has 0 spiro atoms. The van der Waals surface area contributed by atoms with Gasteiger partial charge in [-0.1, -0.05) is 57.2 Å². The second kappa shape index (κ2) is 8.26. The lowest BCUT2D eigenvalue weighted by molar-refractivity contribution is 0.726. The number of hydrogen-bond donors (Lipinski definition) is 1. The minimum atomic E-state index is 0.607. The van der Waals surface area contributed by atoms with Gasteiger partial charge in [-0.2, -0.15) is 0 Å². The first kappa shape index (κ1) is 16.1. The Morgan fingerprint density at radius 2 is 1.52 bits per heavy atom. The van der Waals surface area contributed by atoms with Crippen LogP contribution in [0.2, 0.25) is 0 Å². The molecule has 21 heavy (non-hydrogen) atoms. The fourth-order valence-corrected chi connectivity index (χ4v) is 2.99. The Balaban J connectivity index is 1.87. The highest BCUT2D eigenvalue weighted by Gasteiger charge is 2.00. The van der Waals surface area contributed by atoms with Gasteiger partial charge in [0, 0.05) is 17.2 Å². The van der Waals surface area contributed by atoms with E-state index in [1.807, 2.05) is 11.8 Å². The molecular weight excluding hydrogens is 274 g/mol. The van der Waals surface area contributed by atoms with E-state index in [2.05, 4.69) is 74.6 Å². The van der Waals surface area contributed by atoms with Crippen molar-refractivity contribution in [1.82, 2.24) is 5.32 Å². The van der Waals surface area contributed by atoms with E-state index in [1.54, 1.807) is 0 Å². The van der Waals surface area contributed by atoms with Crippen LogP contribution in [0.3, 0.4) is 0 Å². The normalized spacial score (nSPS) is 11.0. The topological polar surface area (TPSA) is 12.0 Å². The predicted octanol–water partition coefficient (Wildman–Crippen LogP) is 5.21. The van der Waals surface area contributed by atoms with Crippen LogP contribution in [0.25, 0.3) is 0 Å². The summed E-state index contributed by atoms with van der Waals surface area (Å²) in [7, 11) is 0. The average Bonchev–Trinajstić information content (AvgIpc) is 2.52. The predicted molar refractivity (Wildman–Crippen MR) is 93.9 cm³/mol. The van der Waals surface area contributed by atoms with Crippen LogP contribution in [-0.4, -0.2) is 6.54 Å². The van der Waals surface area contributed by atoms with Gasteiger partial charge in [-0.3, -0.25) is 0 Å². The SMILES string of the molecule is CCNCc1ccc(SCc2ccc(C(C)C)cc2)cc1. The number of hydrogen-bond acceptors (Lipinski definition) is 2. The van der Waals surface area contributed by atoms with Gasteiger partial charge in [0.05, 0.1) is 0 Å². The molecule has 112 valence electrons. The molecular formula is C19H25NS. The first-order valence-electron chi connectivity index (χ1n) is 7.70. The van der Waals surface area contributed by atoms with Gasteiger partial charge in [-0.15, -0.1) is 11.8 Å². The average molecular weight is 299 g/mol. The van der Waals surface area contributed by atoms with E-state index < -0.39 is 0 Å². The van der Waals surface area contributed by atoms with E-state index in [0.29, 0.717) is 5.92 Å². The molecule has 2 aromatic carbocycles. The molecule has 0 heterocycles. The highest BCUT2D eigenvalue weighted by molar-refractivity contribution is 7.98. The van der Waals surface area contributed by atoms with Gasteiger partial charge in [0.15, 0.2) is 0 Å². The van der Waals surface area contributed by atoms with Crippen LogP contribution in [0.4, 0.5) is 0 Å². The second-order valence-corrected chi connectivity index (χ2v) is 6.66. The summed E-state index contributed by atoms with van der Waals surface area (Å²) < 4.78 is 0. The van der Waals surface area contributed by atoms with Crippen molar-refractivity contribution in [2.24, 2.45) is 0 Å². The molecule has 0 fully saturated rings. The van der Waals surface area contributed by atoms with Gasteiger partial charge in [0.1, 0.15) is 0 Å². The van der Waals surface area contributed by atoms with Crippen molar-refractivity contribution in [1.29, 1.82) is 0 Å². The van der Waals surface area contributed by atoms with Crippen LogP contribution < -0.4 is 5.32 Å². The van der Waals surface area contributed by atoms with Gasteiger partial charge in [-0.25, -0.2) is 0 Å². The Kier molecular flexibility index (Phi) is 6.34. The molecule has 2 aromatic rings. The first-order valence-corrected chi connectivity index (χ1v) is 8.69. The number of benzene rings is 2. The highest BCUT2D eigenvalue weighted by atomic mass is 32.2. The summed E-state index contributed by atoms with van der Waals surface area (Å²) in [5, 5.41) is 3.35. The molecule has 2 rings (SSSR count). The molecule has 0 aliphatic carbocycles. The molecule has 1 N–H and O–H groups in total. The zero-order valence-corrected chi connectivity index (χ0v) is 14.0. The summed E-state index contributed by atoms with van der Waals surface area (Å²) in [4.78, 5) is 1.34. The fraction of sp³-hybridized carbons (Fsp3) is 0.368. The largest absolute Gasteiger partial charge is 0.313 e. The molecule has 0 aromatic heterocycles. The summed E-state index contributed by atoms with van der Waals surface area (Å²) in [6, 6.07) is 17.9. The maximum absolute atomic E-state index is 3.35. The zero-order chi connectivity index (χ0) is 15.1. The smallest absolute Gasteiger partial charge is 0.0231 e. The maximum Gasteiger partial charge on any atom is 0.0231 e. The standard InChI is InChI=1S/C19H25NS/c1-4-20-13-16-7-11-19(12-8-16)21-14-17-5-9-18(10-6-17)15(2)3/h5-12,15,20H,4,13-14H2,1-3H3. The Hall–Kier alpha value is -1.25. The molecule has 0 bridgehead atoms. The second-order valence-electron chi connectivity index (χ2n) is 5.61. The summed E-state index contributed by atoms with van der Waals surface area (Å²) >= 11 is 1.90. The van der Waals surface area contributed by atoms with Crippen LogP contribution in [-0.2, 0) is 12.3 Å².